The SMILES string of the molecule is CNC(=O)C(N)=C(C=N)Nc1cc(NC)c2ncc(C(=O)NC3CC3)n2n1. The number of aromatic nitrogens is 3. The van der Waals surface area contributed by atoms with Gasteiger partial charge >= 0.3 is 0 Å². The number of amides is 2. The highest BCUT2D eigenvalue weighted by Crippen LogP contribution is 2.22. The highest BCUT2D eigenvalue weighted by molar-refractivity contribution is 6.00. The maximum absolute atomic E-state index is 12.4. The van der Waals surface area contributed by atoms with Crippen LogP contribution in [0.5, 0.6) is 0 Å². The number of nitrogens with one attached hydrogen (secondary N) is 5. The number of nitrogens with two attached hydrogens (primary N) is 1. The Bertz CT molecular complexity index is 943. The minimum absolute atomic E-state index is 0.0763. The minimum Gasteiger partial charge on any atom is -0.393 e. The van der Waals surface area contributed by atoms with Crippen molar-refractivity contribution in [2.24, 2.45) is 5.73 Å². The molecule has 0 unspecified atom stereocenters. The summed E-state index contributed by atoms with van der Waals surface area (Å²) in [7, 11) is 3.15. The quantitative estimate of drug-likeness (QED) is 0.286. The number of nitrogens with zero attached hydrogens (tertiary/aromatic N) is 3. The van der Waals surface area contributed by atoms with Crippen LogP contribution < -0.4 is 27.0 Å². The molecule has 2 heterocycles. The summed E-state index contributed by atoms with van der Waals surface area (Å²) in [4.78, 5) is 28.4. The van der Waals surface area contributed by atoms with Gasteiger partial charge in [-0.2, -0.15) is 0 Å². The summed E-state index contributed by atoms with van der Waals surface area (Å²) >= 11 is 0. The van der Waals surface area contributed by atoms with Gasteiger partial charge in [0.25, 0.3) is 11.8 Å². The predicted molar refractivity (Wildman–Crippen MR) is 101 cm³/mol. The van der Waals surface area contributed by atoms with E-state index in [-0.39, 0.29) is 34.9 Å². The Kier molecular flexibility index (Phi) is 4.92. The number of imidazole rings is 1. The van der Waals surface area contributed by atoms with Gasteiger partial charge in [0, 0.05) is 32.4 Å². The van der Waals surface area contributed by atoms with Crippen LogP contribution in [0.1, 0.15) is 23.3 Å². The van der Waals surface area contributed by atoms with Crippen LogP contribution in [0.25, 0.3) is 5.65 Å². The first-order valence-corrected chi connectivity index (χ1v) is 8.35. The van der Waals surface area contributed by atoms with Gasteiger partial charge in [-0.25, -0.2) is 9.50 Å². The molecular formula is C16H21N9O2. The normalized spacial score (nSPS) is 14.3. The highest BCUT2D eigenvalue weighted by Gasteiger charge is 2.26. The van der Waals surface area contributed by atoms with Gasteiger partial charge in [-0.1, -0.05) is 0 Å². The summed E-state index contributed by atoms with van der Waals surface area (Å²) in [6.07, 6.45) is 4.31. The van der Waals surface area contributed by atoms with Gasteiger partial charge in [0.1, 0.15) is 5.70 Å². The highest BCUT2D eigenvalue weighted by atomic mass is 16.2. The maximum Gasteiger partial charge on any atom is 0.271 e. The topological polar surface area (TPSA) is 162 Å². The van der Waals surface area contributed by atoms with Crippen molar-refractivity contribution in [2.45, 2.75) is 18.9 Å². The first-order chi connectivity index (χ1) is 13.0. The fourth-order valence-corrected chi connectivity index (χ4v) is 2.43. The first kappa shape index (κ1) is 18.2. The smallest absolute Gasteiger partial charge is 0.271 e. The Morgan fingerprint density at radius 1 is 1.37 bits per heavy atom. The number of anilines is 2. The number of rotatable bonds is 7. The van der Waals surface area contributed by atoms with Gasteiger partial charge in [0.15, 0.2) is 17.2 Å². The Labute approximate surface area is 154 Å². The number of fused-ring (bicyclic) bond motifs is 1. The Morgan fingerprint density at radius 3 is 2.70 bits per heavy atom. The summed E-state index contributed by atoms with van der Waals surface area (Å²) in [6, 6.07) is 1.85. The molecule has 0 aromatic carbocycles. The van der Waals surface area contributed by atoms with Crippen molar-refractivity contribution >= 4 is 35.2 Å². The Morgan fingerprint density at radius 2 is 2.11 bits per heavy atom. The molecular weight excluding hydrogens is 350 g/mol. The second kappa shape index (κ2) is 7.32. The Hall–Kier alpha value is -3.63. The molecule has 27 heavy (non-hydrogen) atoms. The third-order valence-corrected chi connectivity index (χ3v) is 4.05. The van der Waals surface area contributed by atoms with Crippen molar-refractivity contribution < 1.29 is 9.59 Å². The molecule has 2 aromatic rings. The van der Waals surface area contributed by atoms with Crippen LogP contribution in [0, 0.1) is 5.41 Å². The van der Waals surface area contributed by atoms with Crippen molar-refractivity contribution in [1.82, 2.24) is 25.2 Å². The van der Waals surface area contributed by atoms with Crippen LogP contribution in [0.3, 0.4) is 0 Å². The van der Waals surface area contributed by atoms with Crippen LogP contribution >= 0.6 is 0 Å². The summed E-state index contributed by atoms with van der Waals surface area (Å²) < 4.78 is 1.41. The van der Waals surface area contributed by atoms with Crippen LogP contribution in [0.15, 0.2) is 23.7 Å². The number of hydrogen-bond donors (Lipinski definition) is 6. The number of carbonyl (C=O) groups is 2. The fraction of sp³-hybridized carbons (Fsp3) is 0.312. The largest absolute Gasteiger partial charge is 0.393 e. The minimum atomic E-state index is -0.525. The molecule has 2 amide bonds. The lowest BCUT2D eigenvalue weighted by Gasteiger charge is -2.12. The summed E-state index contributed by atoms with van der Waals surface area (Å²) in [6.45, 7) is 0. The number of allylic oxidation sites excluding steroid dienone is 1. The van der Waals surface area contributed by atoms with Gasteiger partial charge in [-0.15, -0.1) is 5.10 Å². The zero-order valence-electron chi connectivity index (χ0n) is 15.0. The van der Waals surface area contributed by atoms with E-state index in [4.69, 9.17) is 11.1 Å². The van der Waals surface area contributed by atoms with Crippen molar-refractivity contribution in [1.29, 1.82) is 5.41 Å². The molecule has 11 heteroatoms. The average Bonchev–Trinajstić information content (AvgIpc) is 3.39. The maximum atomic E-state index is 12.4. The third-order valence-electron chi connectivity index (χ3n) is 4.05. The van der Waals surface area contributed by atoms with Gasteiger partial charge in [0.05, 0.1) is 17.6 Å². The second-order valence-electron chi connectivity index (χ2n) is 6.00. The monoisotopic (exact) mass is 371 g/mol. The van der Waals surface area contributed by atoms with Gasteiger partial charge in [0.2, 0.25) is 0 Å². The van der Waals surface area contributed by atoms with Crippen molar-refractivity contribution in [2.75, 3.05) is 24.7 Å². The number of carbonyl (C=O) groups excluding carboxylic acids is 2. The standard InChI is InChI=1S/C16H21N9O2/c1-19-9-5-12(23-10(6-17)13(18)16(27)20-2)24-25-11(7-21-14(9)25)15(26)22-8-3-4-8/h5-8,17,19H,3-4,18H2,1-2H3,(H,20,27)(H,22,26)(H,23,24). The van der Waals surface area contributed by atoms with E-state index in [0.29, 0.717) is 11.3 Å². The van der Waals surface area contributed by atoms with Crippen molar-refractivity contribution in [3.63, 3.8) is 0 Å². The van der Waals surface area contributed by atoms with Crippen molar-refractivity contribution in [3.8, 4) is 0 Å². The molecule has 1 fully saturated rings. The van der Waals surface area contributed by atoms with Gasteiger partial charge < -0.3 is 32.4 Å². The number of likely N-dealkylation sites (N-methyl/N-ethyl adjacent to an activating group) is 1. The first-order valence-electron chi connectivity index (χ1n) is 8.35. The molecule has 0 radical (unpaired) electrons. The zero-order valence-corrected chi connectivity index (χ0v) is 15.0. The molecule has 0 bridgehead atoms. The van der Waals surface area contributed by atoms with E-state index < -0.39 is 5.91 Å². The molecule has 0 atom stereocenters. The molecule has 2 aromatic heterocycles. The molecule has 1 saturated carbocycles. The fourth-order valence-electron chi connectivity index (χ4n) is 2.43. The molecule has 7 N–H and O–H groups in total. The van der Waals surface area contributed by atoms with E-state index in [9.17, 15) is 9.59 Å². The molecule has 0 spiro atoms. The summed E-state index contributed by atoms with van der Waals surface area (Å²) in [5, 5.41) is 23.0. The Balaban J connectivity index is 2.01. The van der Waals surface area contributed by atoms with E-state index >= 15 is 0 Å². The lowest BCUT2D eigenvalue weighted by molar-refractivity contribution is -0.117. The molecule has 0 aliphatic heterocycles. The van der Waals surface area contributed by atoms with Gasteiger partial charge in [-0.3, -0.25) is 9.59 Å². The van der Waals surface area contributed by atoms with E-state index in [1.807, 2.05) is 0 Å². The lowest BCUT2D eigenvalue weighted by Crippen LogP contribution is -2.28. The van der Waals surface area contributed by atoms with Crippen LogP contribution in [0.4, 0.5) is 11.5 Å². The van der Waals surface area contributed by atoms with Crippen LogP contribution in [-0.2, 0) is 4.79 Å². The predicted octanol–water partition coefficient (Wildman–Crippen LogP) is -0.359. The molecule has 3 rings (SSSR count). The van der Waals surface area contributed by atoms with E-state index in [1.54, 1.807) is 13.1 Å². The molecule has 142 valence electrons. The van der Waals surface area contributed by atoms with Crippen molar-refractivity contribution in [3.05, 3.63) is 29.4 Å². The average molecular weight is 371 g/mol. The second-order valence-corrected chi connectivity index (χ2v) is 6.00. The molecule has 0 saturated heterocycles. The van der Waals surface area contributed by atoms with Crippen LogP contribution in [0.2, 0.25) is 0 Å². The zero-order chi connectivity index (χ0) is 19.6. The summed E-state index contributed by atoms with van der Waals surface area (Å²) in [5.41, 5.74) is 7.06. The molecule has 1 aliphatic carbocycles. The van der Waals surface area contributed by atoms with E-state index in [0.717, 1.165) is 19.1 Å². The summed E-state index contributed by atoms with van der Waals surface area (Å²) in [5.74, 6) is -0.497. The van der Waals surface area contributed by atoms with Crippen LogP contribution in [-0.4, -0.2) is 52.8 Å². The third kappa shape index (κ3) is 3.66. The number of hydrogen-bond acceptors (Lipinski definition) is 8. The molecule has 11 nitrogen and oxygen atoms in total. The van der Waals surface area contributed by atoms with E-state index in [1.165, 1.54) is 17.8 Å². The van der Waals surface area contributed by atoms with E-state index in [2.05, 4.69) is 31.3 Å². The van der Waals surface area contributed by atoms with Gasteiger partial charge in [-0.05, 0) is 12.8 Å². The lowest BCUT2D eigenvalue weighted by atomic mass is 10.3. The molecule has 1 aliphatic rings.